The molecule has 0 amide bonds. The summed E-state index contributed by atoms with van der Waals surface area (Å²) in [6.45, 7) is 4.10. The van der Waals surface area contributed by atoms with Crippen LogP contribution in [0.1, 0.15) is 54.9 Å². The van der Waals surface area contributed by atoms with Gasteiger partial charge < -0.3 is 9.57 Å². The Bertz CT molecular complexity index is 964. The van der Waals surface area contributed by atoms with Crippen LogP contribution >= 0.6 is 11.6 Å². The van der Waals surface area contributed by atoms with E-state index in [2.05, 4.69) is 5.16 Å². The average molecular weight is 426 g/mol. The number of carbonyl (C=O) groups excluding carboxylic acids is 2. The average Bonchev–Trinajstić information content (AvgIpc) is 2.76. The molecule has 0 spiro atoms. The van der Waals surface area contributed by atoms with Crippen LogP contribution in [0, 0.1) is 0 Å². The maximum Gasteiger partial charge on any atom is 0.343 e. The summed E-state index contributed by atoms with van der Waals surface area (Å²) in [4.78, 5) is 31.0. The first-order chi connectivity index (χ1) is 14.5. The summed E-state index contributed by atoms with van der Waals surface area (Å²) in [6, 6.07) is 16.1. The molecule has 1 unspecified atom stereocenters. The smallest absolute Gasteiger partial charge is 0.343 e. The Kier molecular flexibility index (Phi) is 7.41. The first kappa shape index (κ1) is 21.8. The van der Waals surface area contributed by atoms with Crippen molar-refractivity contribution < 1.29 is 19.2 Å². The molecule has 1 aliphatic carbocycles. The summed E-state index contributed by atoms with van der Waals surface area (Å²) < 4.78 is 5.76. The SMILES string of the molecule is CCO/N=C(/CC)C1=C(OC(=O)c2ccccc2)CC(c2ccc(Cl)cc2)CC1=O. The van der Waals surface area contributed by atoms with Gasteiger partial charge in [-0.25, -0.2) is 4.79 Å². The number of carbonyl (C=O) groups is 2. The van der Waals surface area contributed by atoms with Crippen LogP contribution in [-0.2, 0) is 14.4 Å². The quantitative estimate of drug-likeness (QED) is 0.324. The molecule has 1 aliphatic rings. The van der Waals surface area contributed by atoms with Gasteiger partial charge in [0, 0.05) is 17.9 Å². The van der Waals surface area contributed by atoms with Gasteiger partial charge in [-0.3, -0.25) is 4.79 Å². The molecule has 30 heavy (non-hydrogen) atoms. The van der Waals surface area contributed by atoms with E-state index in [1.807, 2.05) is 32.0 Å². The maximum atomic E-state index is 13.1. The van der Waals surface area contributed by atoms with Crippen molar-refractivity contribution in [3.05, 3.63) is 82.1 Å². The van der Waals surface area contributed by atoms with Gasteiger partial charge in [-0.1, -0.05) is 54.0 Å². The molecule has 3 rings (SSSR count). The van der Waals surface area contributed by atoms with Gasteiger partial charge in [0.25, 0.3) is 0 Å². The van der Waals surface area contributed by atoms with Crippen LogP contribution in [0.3, 0.4) is 0 Å². The van der Waals surface area contributed by atoms with Gasteiger partial charge in [-0.05, 0) is 49.1 Å². The van der Waals surface area contributed by atoms with Crippen LogP contribution in [0.2, 0.25) is 5.02 Å². The normalized spacial score (nSPS) is 17.1. The lowest BCUT2D eigenvalue weighted by Crippen LogP contribution is -2.26. The molecule has 0 bridgehead atoms. The number of Topliss-reactive ketones (excluding diaryl/α,β-unsaturated/α-hetero) is 1. The van der Waals surface area contributed by atoms with Crippen molar-refractivity contribution in [2.75, 3.05) is 6.61 Å². The number of hydrogen-bond donors (Lipinski definition) is 0. The number of hydrogen-bond acceptors (Lipinski definition) is 5. The third kappa shape index (κ3) is 5.16. The highest BCUT2D eigenvalue weighted by Crippen LogP contribution is 2.37. The molecule has 0 N–H and O–H groups in total. The molecular weight excluding hydrogens is 402 g/mol. The predicted molar refractivity (Wildman–Crippen MR) is 117 cm³/mol. The second kappa shape index (κ2) is 10.2. The van der Waals surface area contributed by atoms with Gasteiger partial charge in [-0.15, -0.1) is 0 Å². The minimum atomic E-state index is -0.500. The number of ether oxygens (including phenoxy) is 1. The molecule has 0 heterocycles. The summed E-state index contributed by atoms with van der Waals surface area (Å²) in [5.41, 5.74) is 2.23. The van der Waals surface area contributed by atoms with Crippen LogP contribution in [0.15, 0.2) is 71.1 Å². The van der Waals surface area contributed by atoms with Crippen molar-refractivity contribution in [2.24, 2.45) is 5.16 Å². The highest BCUT2D eigenvalue weighted by atomic mass is 35.5. The molecular formula is C24H24ClNO4. The molecule has 0 radical (unpaired) electrons. The molecule has 0 saturated carbocycles. The zero-order chi connectivity index (χ0) is 21.5. The molecule has 2 aromatic carbocycles. The zero-order valence-corrected chi connectivity index (χ0v) is 17.8. The summed E-state index contributed by atoms with van der Waals surface area (Å²) >= 11 is 6.00. The number of benzene rings is 2. The lowest BCUT2D eigenvalue weighted by atomic mass is 9.81. The van der Waals surface area contributed by atoms with E-state index in [4.69, 9.17) is 21.2 Å². The van der Waals surface area contributed by atoms with E-state index in [-0.39, 0.29) is 11.7 Å². The van der Waals surface area contributed by atoms with Crippen molar-refractivity contribution in [2.45, 2.75) is 39.0 Å². The van der Waals surface area contributed by atoms with Gasteiger partial charge in [0.15, 0.2) is 5.78 Å². The number of allylic oxidation sites excluding steroid dienone is 2. The molecule has 0 aliphatic heterocycles. The largest absolute Gasteiger partial charge is 0.427 e. The van der Waals surface area contributed by atoms with Gasteiger partial charge in [0.2, 0.25) is 0 Å². The Morgan fingerprint density at radius 3 is 2.40 bits per heavy atom. The van der Waals surface area contributed by atoms with Crippen LogP contribution in [0.5, 0.6) is 0 Å². The monoisotopic (exact) mass is 425 g/mol. The van der Waals surface area contributed by atoms with Crippen molar-refractivity contribution in [1.82, 2.24) is 0 Å². The van der Waals surface area contributed by atoms with Crippen LogP contribution in [-0.4, -0.2) is 24.1 Å². The highest BCUT2D eigenvalue weighted by molar-refractivity contribution is 6.30. The molecule has 1 atom stereocenters. The maximum absolute atomic E-state index is 13.1. The van der Waals surface area contributed by atoms with Crippen molar-refractivity contribution >= 4 is 29.1 Å². The van der Waals surface area contributed by atoms with E-state index in [0.717, 1.165) is 5.56 Å². The molecule has 0 saturated heterocycles. The van der Waals surface area contributed by atoms with Crippen LogP contribution in [0.25, 0.3) is 0 Å². The molecule has 5 nitrogen and oxygen atoms in total. The lowest BCUT2D eigenvalue weighted by Gasteiger charge is -2.26. The van der Waals surface area contributed by atoms with Crippen LogP contribution in [0.4, 0.5) is 0 Å². The first-order valence-corrected chi connectivity index (χ1v) is 10.4. The molecule has 6 heteroatoms. The number of esters is 1. The van der Waals surface area contributed by atoms with Crippen molar-refractivity contribution in [1.29, 1.82) is 0 Å². The Labute approximate surface area is 181 Å². The molecule has 0 fully saturated rings. The second-order valence-electron chi connectivity index (χ2n) is 6.94. The van der Waals surface area contributed by atoms with E-state index in [9.17, 15) is 9.59 Å². The Hall–Kier alpha value is -2.92. The van der Waals surface area contributed by atoms with E-state index >= 15 is 0 Å². The number of ketones is 1. The minimum absolute atomic E-state index is 0.109. The van der Waals surface area contributed by atoms with E-state index in [1.165, 1.54) is 0 Å². The lowest BCUT2D eigenvalue weighted by molar-refractivity contribution is -0.116. The summed E-state index contributed by atoms with van der Waals surface area (Å²) in [5.74, 6) is -0.389. The minimum Gasteiger partial charge on any atom is -0.427 e. The number of halogens is 1. The Morgan fingerprint density at radius 1 is 1.07 bits per heavy atom. The van der Waals surface area contributed by atoms with Crippen molar-refractivity contribution in [3.8, 4) is 0 Å². The number of oxime groups is 1. The fourth-order valence-electron chi connectivity index (χ4n) is 3.44. The molecule has 0 aromatic heterocycles. The third-order valence-electron chi connectivity index (χ3n) is 4.92. The van der Waals surface area contributed by atoms with E-state index < -0.39 is 5.97 Å². The number of nitrogens with zero attached hydrogens (tertiary/aromatic N) is 1. The Balaban J connectivity index is 1.99. The van der Waals surface area contributed by atoms with Crippen molar-refractivity contribution in [3.63, 3.8) is 0 Å². The first-order valence-electron chi connectivity index (χ1n) is 10.0. The van der Waals surface area contributed by atoms with E-state index in [1.54, 1.807) is 36.4 Å². The van der Waals surface area contributed by atoms with Crippen LogP contribution < -0.4 is 0 Å². The fourth-order valence-corrected chi connectivity index (χ4v) is 3.57. The highest BCUT2D eigenvalue weighted by Gasteiger charge is 2.33. The van der Waals surface area contributed by atoms with Gasteiger partial charge in [0.1, 0.15) is 12.4 Å². The van der Waals surface area contributed by atoms with Gasteiger partial charge in [-0.2, -0.15) is 0 Å². The molecule has 156 valence electrons. The standard InChI is InChI=1S/C24H24ClNO4/c1-3-20(26-29-4-2)23-21(27)14-18(16-10-12-19(25)13-11-16)15-22(23)30-24(28)17-8-6-5-7-9-17/h5-13,18H,3-4,14-15H2,1-2H3/b26-20-. The summed E-state index contributed by atoms with van der Waals surface area (Å²) in [5, 5.41) is 4.73. The fraction of sp³-hybridized carbons (Fsp3) is 0.292. The van der Waals surface area contributed by atoms with E-state index in [0.29, 0.717) is 53.5 Å². The van der Waals surface area contributed by atoms with Gasteiger partial charge in [0.05, 0.1) is 16.8 Å². The summed E-state index contributed by atoms with van der Waals surface area (Å²) in [6.07, 6.45) is 1.19. The molecule has 2 aromatic rings. The van der Waals surface area contributed by atoms with Gasteiger partial charge >= 0.3 is 5.97 Å². The summed E-state index contributed by atoms with van der Waals surface area (Å²) in [7, 11) is 0. The predicted octanol–water partition coefficient (Wildman–Crippen LogP) is 5.70. The third-order valence-corrected chi connectivity index (χ3v) is 5.17. The zero-order valence-electron chi connectivity index (χ0n) is 17.1. The second-order valence-corrected chi connectivity index (χ2v) is 7.38. The topological polar surface area (TPSA) is 65.0 Å². The number of rotatable bonds is 7. The Morgan fingerprint density at radius 2 is 1.77 bits per heavy atom.